The number of carbonyl (C=O) groups excluding carboxylic acids is 1. The summed E-state index contributed by atoms with van der Waals surface area (Å²) in [6.45, 7) is 3.63. The number of rotatable bonds is 4. The maximum absolute atomic E-state index is 10.7. The molecule has 0 amide bonds. The van der Waals surface area contributed by atoms with Gasteiger partial charge in [0.1, 0.15) is 5.75 Å². The van der Waals surface area contributed by atoms with Gasteiger partial charge in [-0.3, -0.25) is 4.79 Å². The SMILES string of the molecule is COc1ccc(C)c(C=CCSC(C)=O)c1. The van der Waals surface area contributed by atoms with Crippen LogP contribution in [0.3, 0.4) is 0 Å². The molecule has 0 fully saturated rings. The molecule has 2 nitrogen and oxygen atoms in total. The Bertz CT molecular complexity index is 397. The number of carbonyl (C=O) groups is 1. The van der Waals surface area contributed by atoms with E-state index < -0.39 is 0 Å². The lowest BCUT2D eigenvalue weighted by Gasteiger charge is -2.04. The van der Waals surface area contributed by atoms with Gasteiger partial charge in [-0.15, -0.1) is 0 Å². The molecule has 1 aromatic rings. The molecule has 0 aromatic heterocycles. The number of ether oxygens (including phenoxy) is 1. The predicted molar refractivity (Wildman–Crippen MR) is 69.9 cm³/mol. The third-order valence-electron chi connectivity index (χ3n) is 2.17. The molecule has 16 heavy (non-hydrogen) atoms. The zero-order valence-corrected chi connectivity index (χ0v) is 10.6. The molecule has 0 aliphatic carbocycles. The second-order valence-corrected chi connectivity index (χ2v) is 4.62. The van der Waals surface area contributed by atoms with Gasteiger partial charge in [-0.05, 0) is 30.2 Å². The van der Waals surface area contributed by atoms with Crippen LogP contribution in [0.2, 0.25) is 0 Å². The fourth-order valence-corrected chi connectivity index (χ4v) is 1.69. The molecule has 0 N–H and O–H groups in total. The largest absolute Gasteiger partial charge is 0.497 e. The highest BCUT2D eigenvalue weighted by molar-refractivity contribution is 8.13. The highest BCUT2D eigenvalue weighted by atomic mass is 32.2. The average Bonchev–Trinajstić information content (AvgIpc) is 2.26. The van der Waals surface area contributed by atoms with E-state index in [9.17, 15) is 4.79 Å². The summed E-state index contributed by atoms with van der Waals surface area (Å²) in [7, 11) is 1.66. The van der Waals surface area contributed by atoms with Crippen molar-refractivity contribution in [3.63, 3.8) is 0 Å². The van der Waals surface area contributed by atoms with Gasteiger partial charge in [0.25, 0.3) is 0 Å². The second kappa shape index (κ2) is 6.38. The van der Waals surface area contributed by atoms with Crippen LogP contribution in [0.1, 0.15) is 18.1 Å². The number of thioether (sulfide) groups is 1. The third kappa shape index (κ3) is 4.11. The van der Waals surface area contributed by atoms with E-state index in [1.165, 1.54) is 17.3 Å². The van der Waals surface area contributed by atoms with Crippen LogP contribution >= 0.6 is 11.8 Å². The maximum Gasteiger partial charge on any atom is 0.186 e. The van der Waals surface area contributed by atoms with Gasteiger partial charge in [-0.1, -0.05) is 30.0 Å². The Hall–Kier alpha value is -1.22. The second-order valence-electron chi connectivity index (χ2n) is 3.43. The molecule has 0 bridgehead atoms. The van der Waals surface area contributed by atoms with Crippen molar-refractivity contribution in [2.75, 3.05) is 12.9 Å². The minimum atomic E-state index is 0.145. The van der Waals surface area contributed by atoms with Gasteiger partial charge >= 0.3 is 0 Å². The Morgan fingerprint density at radius 1 is 1.50 bits per heavy atom. The van der Waals surface area contributed by atoms with Crippen LogP contribution in [0, 0.1) is 6.92 Å². The van der Waals surface area contributed by atoms with E-state index in [2.05, 4.69) is 6.92 Å². The average molecular weight is 236 g/mol. The fourth-order valence-electron chi connectivity index (χ4n) is 1.27. The monoisotopic (exact) mass is 236 g/mol. The standard InChI is InChI=1S/C13H16O2S/c1-10-6-7-13(15-3)9-12(10)5-4-8-16-11(2)14/h4-7,9H,8H2,1-3H3. The van der Waals surface area contributed by atoms with Gasteiger partial charge in [0.05, 0.1) is 7.11 Å². The molecule has 1 rings (SSSR count). The maximum atomic E-state index is 10.7. The van der Waals surface area contributed by atoms with Gasteiger partial charge in [-0.25, -0.2) is 0 Å². The van der Waals surface area contributed by atoms with E-state index in [0.717, 1.165) is 11.3 Å². The smallest absolute Gasteiger partial charge is 0.186 e. The summed E-state index contributed by atoms with van der Waals surface area (Å²) < 4.78 is 5.16. The van der Waals surface area contributed by atoms with E-state index in [0.29, 0.717) is 5.75 Å². The van der Waals surface area contributed by atoms with Crippen molar-refractivity contribution in [1.82, 2.24) is 0 Å². The molecule has 0 aliphatic heterocycles. The summed E-state index contributed by atoms with van der Waals surface area (Å²) in [6.07, 6.45) is 4.02. The van der Waals surface area contributed by atoms with Crippen molar-refractivity contribution in [3.05, 3.63) is 35.4 Å². The van der Waals surface area contributed by atoms with Crippen molar-refractivity contribution >= 4 is 23.0 Å². The fraction of sp³-hybridized carbons (Fsp3) is 0.308. The summed E-state index contributed by atoms with van der Waals surface area (Å²) in [4.78, 5) is 10.7. The molecule has 0 spiro atoms. The molecule has 0 atom stereocenters. The molecular weight excluding hydrogens is 220 g/mol. The lowest BCUT2D eigenvalue weighted by molar-refractivity contribution is -0.109. The number of hydrogen-bond acceptors (Lipinski definition) is 3. The Morgan fingerprint density at radius 2 is 2.25 bits per heavy atom. The van der Waals surface area contributed by atoms with E-state index in [4.69, 9.17) is 4.74 Å². The predicted octanol–water partition coefficient (Wildman–Crippen LogP) is 3.30. The molecule has 0 unspecified atom stereocenters. The van der Waals surface area contributed by atoms with Gasteiger partial charge in [0.2, 0.25) is 0 Å². The highest BCUT2D eigenvalue weighted by Crippen LogP contribution is 2.18. The Labute approximate surface area is 101 Å². The van der Waals surface area contributed by atoms with Gasteiger partial charge in [-0.2, -0.15) is 0 Å². The van der Waals surface area contributed by atoms with Crippen LogP contribution in [0.4, 0.5) is 0 Å². The number of aryl methyl sites for hydroxylation is 1. The van der Waals surface area contributed by atoms with E-state index in [1.807, 2.05) is 30.4 Å². The van der Waals surface area contributed by atoms with Gasteiger partial charge in [0.15, 0.2) is 5.12 Å². The zero-order valence-electron chi connectivity index (χ0n) is 9.82. The molecular formula is C13H16O2S. The molecule has 0 saturated heterocycles. The van der Waals surface area contributed by atoms with Crippen molar-refractivity contribution in [2.24, 2.45) is 0 Å². The molecule has 3 heteroatoms. The Morgan fingerprint density at radius 3 is 2.88 bits per heavy atom. The molecule has 0 radical (unpaired) electrons. The summed E-state index contributed by atoms with van der Waals surface area (Å²) in [5, 5.41) is 0.145. The molecule has 0 aliphatic rings. The topological polar surface area (TPSA) is 26.3 Å². The number of methoxy groups -OCH3 is 1. The van der Waals surface area contributed by atoms with Crippen LogP contribution in [-0.4, -0.2) is 18.0 Å². The third-order valence-corrected chi connectivity index (χ3v) is 2.93. The van der Waals surface area contributed by atoms with Crippen LogP contribution < -0.4 is 4.74 Å². The molecule has 86 valence electrons. The van der Waals surface area contributed by atoms with Crippen molar-refractivity contribution in [3.8, 4) is 5.75 Å². The van der Waals surface area contributed by atoms with Crippen molar-refractivity contribution in [1.29, 1.82) is 0 Å². The summed E-state index contributed by atoms with van der Waals surface area (Å²) >= 11 is 1.31. The first-order chi connectivity index (χ1) is 7.63. The quantitative estimate of drug-likeness (QED) is 0.802. The highest BCUT2D eigenvalue weighted by Gasteiger charge is 1.97. The zero-order chi connectivity index (χ0) is 12.0. The van der Waals surface area contributed by atoms with Gasteiger partial charge in [0, 0.05) is 12.7 Å². The van der Waals surface area contributed by atoms with Crippen LogP contribution in [0.25, 0.3) is 6.08 Å². The first-order valence-electron chi connectivity index (χ1n) is 5.08. The van der Waals surface area contributed by atoms with E-state index in [-0.39, 0.29) is 5.12 Å². The Balaban J connectivity index is 2.68. The molecule has 0 heterocycles. The first-order valence-corrected chi connectivity index (χ1v) is 6.06. The van der Waals surface area contributed by atoms with Crippen LogP contribution in [-0.2, 0) is 4.79 Å². The summed E-state index contributed by atoms with van der Waals surface area (Å²) in [6, 6.07) is 5.96. The van der Waals surface area contributed by atoms with Crippen molar-refractivity contribution < 1.29 is 9.53 Å². The number of benzene rings is 1. The summed E-state index contributed by atoms with van der Waals surface area (Å²) in [5.41, 5.74) is 2.33. The first kappa shape index (κ1) is 12.8. The lowest BCUT2D eigenvalue weighted by Crippen LogP contribution is -1.86. The van der Waals surface area contributed by atoms with E-state index in [1.54, 1.807) is 14.0 Å². The van der Waals surface area contributed by atoms with Crippen LogP contribution in [0.15, 0.2) is 24.3 Å². The van der Waals surface area contributed by atoms with Gasteiger partial charge < -0.3 is 4.74 Å². The molecule has 0 saturated carbocycles. The van der Waals surface area contributed by atoms with Crippen molar-refractivity contribution in [2.45, 2.75) is 13.8 Å². The lowest BCUT2D eigenvalue weighted by atomic mass is 10.1. The summed E-state index contributed by atoms with van der Waals surface area (Å²) in [5.74, 6) is 1.57. The minimum absolute atomic E-state index is 0.145. The van der Waals surface area contributed by atoms with E-state index >= 15 is 0 Å². The minimum Gasteiger partial charge on any atom is -0.497 e. The number of hydrogen-bond donors (Lipinski definition) is 0. The molecule has 1 aromatic carbocycles. The normalized spacial score (nSPS) is 10.7. The Kier molecular flexibility index (Phi) is 5.12. The van der Waals surface area contributed by atoms with Crippen LogP contribution in [0.5, 0.6) is 5.75 Å².